The van der Waals surface area contributed by atoms with Gasteiger partial charge in [0.2, 0.25) is 0 Å². The van der Waals surface area contributed by atoms with E-state index < -0.39 is 5.41 Å². The lowest BCUT2D eigenvalue weighted by Crippen LogP contribution is -2.28. The molecule has 3 aromatic carbocycles. The van der Waals surface area contributed by atoms with Gasteiger partial charge in [0.05, 0.1) is 6.07 Å². The quantitative estimate of drug-likeness (QED) is 0.460. The minimum absolute atomic E-state index is 0.187. The zero-order chi connectivity index (χ0) is 19.9. The van der Waals surface area contributed by atoms with Crippen LogP contribution in [-0.2, 0) is 5.41 Å². The predicted molar refractivity (Wildman–Crippen MR) is 113 cm³/mol. The third kappa shape index (κ3) is 2.58. The zero-order valence-corrected chi connectivity index (χ0v) is 16.2. The molecule has 1 heterocycles. The molecule has 0 saturated heterocycles. The number of benzene rings is 3. The van der Waals surface area contributed by atoms with Crippen molar-refractivity contribution >= 4 is 10.9 Å². The summed E-state index contributed by atoms with van der Waals surface area (Å²) in [6.45, 7) is 6.20. The number of aryl methyl sites for hydroxylation is 3. The Morgan fingerprint density at radius 3 is 2.25 bits per heavy atom. The van der Waals surface area contributed by atoms with Gasteiger partial charge in [-0.3, -0.25) is 0 Å². The molecule has 3 nitrogen and oxygen atoms in total. The number of phenolic OH excluding ortho intramolecular Hbond substituents is 1. The summed E-state index contributed by atoms with van der Waals surface area (Å²) < 4.78 is 0. The minimum Gasteiger partial charge on any atom is -0.508 e. The number of nitriles is 1. The summed E-state index contributed by atoms with van der Waals surface area (Å²) >= 11 is 0. The highest BCUT2D eigenvalue weighted by Crippen LogP contribution is 2.41. The number of fused-ring (bicyclic) bond motifs is 1. The van der Waals surface area contributed by atoms with Crippen LogP contribution < -0.4 is 0 Å². The van der Waals surface area contributed by atoms with Crippen LogP contribution in [-0.4, -0.2) is 10.1 Å². The summed E-state index contributed by atoms with van der Waals surface area (Å²) in [4.78, 5) is 3.44. The van der Waals surface area contributed by atoms with Crippen molar-refractivity contribution in [3.05, 3.63) is 100 Å². The van der Waals surface area contributed by atoms with Crippen LogP contribution in [0.25, 0.3) is 10.9 Å². The third-order valence-corrected chi connectivity index (χ3v) is 5.76. The summed E-state index contributed by atoms with van der Waals surface area (Å²) in [5, 5.41) is 21.5. The van der Waals surface area contributed by atoms with E-state index in [4.69, 9.17) is 0 Å². The van der Waals surface area contributed by atoms with Crippen molar-refractivity contribution < 1.29 is 5.11 Å². The molecular weight excluding hydrogens is 344 g/mol. The van der Waals surface area contributed by atoms with Crippen molar-refractivity contribution in [2.24, 2.45) is 0 Å². The molecule has 0 amide bonds. The van der Waals surface area contributed by atoms with Crippen molar-refractivity contribution in [1.82, 2.24) is 4.98 Å². The fraction of sp³-hybridized carbons (Fsp3) is 0.160. The highest BCUT2D eigenvalue weighted by molar-refractivity contribution is 5.86. The Labute approximate surface area is 164 Å². The molecule has 0 spiro atoms. The van der Waals surface area contributed by atoms with E-state index in [-0.39, 0.29) is 5.75 Å². The van der Waals surface area contributed by atoms with E-state index in [1.165, 1.54) is 10.9 Å². The first kappa shape index (κ1) is 17.9. The number of rotatable bonds is 3. The number of hydrogen-bond donors (Lipinski definition) is 2. The molecule has 1 aromatic heterocycles. The topological polar surface area (TPSA) is 59.8 Å². The Morgan fingerprint density at radius 1 is 0.893 bits per heavy atom. The average molecular weight is 366 g/mol. The maximum Gasteiger partial charge on any atom is 0.132 e. The monoisotopic (exact) mass is 366 g/mol. The second kappa shape index (κ2) is 6.58. The Hall–Kier alpha value is -3.51. The SMILES string of the molecule is Cc1ccccc1C(C#N)(c1ccc(O)cc1)c1ccc2c(C)c(C)[nH]c2c1. The van der Waals surface area contributed by atoms with Gasteiger partial charge in [-0.15, -0.1) is 0 Å². The number of phenols is 1. The van der Waals surface area contributed by atoms with E-state index in [0.29, 0.717) is 0 Å². The minimum atomic E-state index is -0.972. The Bertz CT molecular complexity index is 1210. The standard InChI is InChI=1S/C25H22N2O/c1-16-6-4-5-7-23(16)25(15-26,19-8-11-21(28)12-9-19)20-10-13-22-17(2)18(3)27-24(22)14-20/h4-14,27-28H,1-3H3. The number of aromatic amines is 1. The smallest absolute Gasteiger partial charge is 0.132 e. The Kier molecular flexibility index (Phi) is 4.20. The van der Waals surface area contributed by atoms with Gasteiger partial charge in [-0.25, -0.2) is 0 Å². The van der Waals surface area contributed by atoms with Gasteiger partial charge in [0.1, 0.15) is 11.2 Å². The first-order valence-corrected chi connectivity index (χ1v) is 9.33. The molecule has 0 aliphatic carbocycles. The number of hydrogen-bond acceptors (Lipinski definition) is 2. The van der Waals surface area contributed by atoms with Crippen LogP contribution in [0.3, 0.4) is 0 Å². The lowest BCUT2D eigenvalue weighted by Gasteiger charge is -2.30. The summed E-state index contributed by atoms with van der Waals surface area (Å²) in [5.41, 5.74) is 6.16. The van der Waals surface area contributed by atoms with Crippen molar-refractivity contribution in [2.75, 3.05) is 0 Å². The van der Waals surface area contributed by atoms with Crippen molar-refractivity contribution in [2.45, 2.75) is 26.2 Å². The molecular formula is C25H22N2O. The summed E-state index contributed by atoms with van der Waals surface area (Å²) in [6, 6.07) is 23.8. The molecule has 0 saturated carbocycles. The number of H-pyrrole nitrogens is 1. The number of nitrogens with one attached hydrogen (secondary N) is 1. The Morgan fingerprint density at radius 2 is 1.57 bits per heavy atom. The van der Waals surface area contributed by atoms with E-state index in [2.05, 4.69) is 37.0 Å². The maximum atomic E-state index is 10.5. The molecule has 0 aliphatic rings. The van der Waals surface area contributed by atoms with E-state index in [1.807, 2.05) is 49.4 Å². The molecule has 28 heavy (non-hydrogen) atoms. The van der Waals surface area contributed by atoms with Crippen LogP contribution in [0.2, 0.25) is 0 Å². The van der Waals surface area contributed by atoms with Gasteiger partial charge in [-0.2, -0.15) is 5.26 Å². The second-order valence-corrected chi connectivity index (χ2v) is 7.36. The predicted octanol–water partition coefficient (Wildman–Crippen LogP) is 5.66. The zero-order valence-electron chi connectivity index (χ0n) is 16.2. The van der Waals surface area contributed by atoms with Gasteiger partial charge in [0.15, 0.2) is 0 Å². The summed E-state index contributed by atoms with van der Waals surface area (Å²) in [7, 11) is 0. The lowest BCUT2D eigenvalue weighted by atomic mass is 9.69. The van der Waals surface area contributed by atoms with Crippen LogP contribution >= 0.6 is 0 Å². The fourth-order valence-electron chi connectivity index (χ4n) is 4.08. The van der Waals surface area contributed by atoms with E-state index in [0.717, 1.165) is 33.5 Å². The molecule has 4 aromatic rings. The molecule has 0 aliphatic heterocycles. The molecule has 3 heteroatoms. The van der Waals surface area contributed by atoms with Gasteiger partial charge >= 0.3 is 0 Å². The van der Waals surface area contributed by atoms with Gasteiger partial charge in [-0.1, -0.05) is 48.5 Å². The first-order valence-electron chi connectivity index (χ1n) is 9.33. The lowest BCUT2D eigenvalue weighted by molar-refractivity contribution is 0.475. The average Bonchev–Trinajstić information content (AvgIpc) is 2.99. The van der Waals surface area contributed by atoms with E-state index in [1.54, 1.807) is 12.1 Å². The molecule has 1 atom stereocenters. The van der Waals surface area contributed by atoms with E-state index >= 15 is 0 Å². The molecule has 2 N–H and O–H groups in total. The number of aromatic hydroxyl groups is 1. The molecule has 0 radical (unpaired) electrons. The fourth-order valence-corrected chi connectivity index (χ4v) is 4.08. The maximum absolute atomic E-state index is 10.5. The normalized spacial score (nSPS) is 13.2. The third-order valence-electron chi connectivity index (χ3n) is 5.76. The van der Waals surface area contributed by atoms with Crippen LogP contribution in [0.1, 0.15) is 33.5 Å². The van der Waals surface area contributed by atoms with Gasteiger partial charge in [0, 0.05) is 16.6 Å². The highest BCUT2D eigenvalue weighted by atomic mass is 16.3. The Balaban J connectivity index is 2.07. The van der Waals surface area contributed by atoms with Crippen LogP contribution in [0.4, 0.5) is 0 Å². The van der Waals surface area contributed by atoms with Crippen LogP contribution in [0.15, 0.2) is 66.7 Å². The highest BCUT2D eigenvalue weighted by Gasteiger charge is 2.38. The molecule has 138 valence electrons. The molecule has 4 rings (SSSR count). The van der Waals surface area contributed by atoms with E-state index in [9.17, 15) is 10.4 Å². The van der Waals surface area contributed by atoms with Gasteiger partial charge in [-0.05, 0) is 66.8 Å². The summed E-state index contributed by atoms with van der Waals surface area (Å²) in [5.74, 6) is 0.187. The molecule has 1 unspecified atom stereocenters. The van der Waals surface area contributed by atoms with Crippen molar-refractivity contribution in [3.63, 3.8) is 0 Å². The molecule has 0 fully saturated rings. The van der Waals surface area contributed by atoms with Crippen molar-refractivity contribution in [1.29, 1.82) is 5.26 Å². The molecule has 0 bridgehead atoms. The van der Waals surface area contributed by atoms with Crippen molar-refractivity contribution in [3.8, 4) is 11.8 Å². The van der Waals surface area contributed by atoms with Crippen LogP contribution in [0, 0.1) is 32.1 Å². The second-order valence-electron chi connectivity index (χ2n) is 7.36. The largest absolute Gasteiger partial charge is 0.508 e. The number of nitrogens with zero attached hydrogens (tertiary/aromatic N) is 1. The summed E-state index contributed by atoms with van der Waals surface area (Å²) in [6.07, 6.45) is 0. The van der Waals surface area contributed by atoms with Gasteiger partial charge in [0.25, 0.3) is 0 Å². The number of aromatic nitrogens is 1. The first-order chi connectivity index (χ1) is 13.5. The van der Waals surface area contributed by atoms with Gasteiger partial charge < -0.3 is 10.1 Å². The van der Waals surface area contributed by atoms with Crippen LogP contribution in [0.5, 0.6) is 5.75 Å².